The molecule has 0 saturated carbocycles. The summed E-state index contributed by atoms with van der Waals surface area (Å²) in [7, 11) is 0. The van der Waals surface area contributed by atoms with Crippen LogP contribution < -0.4 is 0 Å². The van der Waals surface area contributed by atoms with E-state index in [1.165, 1.54) is 0 Å². The molecule has 1 aromatic carbocycles. The third-order valence-electron chi connectivity index (χ3n) is 3.92. The Bertz CT molecular complexity index is 681. The Morgan fingerprint density at radius 2 is 2.05 bits per heavy atom. The van der Waals surface area contributed by atoms with E-state index in [0.29, 0.717) is 23.0 Å². The molecule has 0 radical (unpaired) electrons. The smallest absolute Gasteiger partial charge is 0.223 e. The zero-order valence-electron chi connectivity index (χ0n) is 11.7. The topological polar surface area (TPSA) is 25.2 Å². The van der Waals surface area contributed by atoms with E-state index in [1.54, 1.807) is 6.07 Å². The maximum absolute atomic E-state index is 12.3. The van der Waals surface area contributed by atoms with Gasteiger partial charge >= 0.3 is 0 Å². The minimum absolute atomic E-state index is 0.101. The van der Waals surface area contributed by atoms with Crippen molar-refractivity contribution < 1.29 is 4.79 Å². The van der Waals surface area contributed by atoms with Crippen molar-refractivity contribution in [1.82, 2.24) is 9.47 Å². The Morgan fingerprint density at radius 1 is 1.24 bits per heavy atom. The van der Waals surface area contributed by atoms with Crippen molar-refractivity contribution in [3.8, 4) is 0 Å². The normalized spacial score (nSPS) is 17.7. The Labute approximate surface area is 134 Å². The zero-order valence-corrected chi connectivity index (χ0v) is 13.2. The molecule has 3 rings (SSSR count). The van der Waals surface area contributed by atoms with Crippen LogP contribution in [0.4, 0.5) is 0 Å². The third-order valence-corrected chi connectivity index (χ3v) is 4.66. The Balaban J connectivity index is 2.09. The van der Waals surface area contributed by atoms with Crippen LogP contribution in [0.15, 0.2) is 36.5 Å². The van der Waals surface area contributed by atoms with Gasteiger partial charge in [-0.2, -0.15) is 0 Å². The fourth-order valence-corrected chi connectivity index (χ4v) is 3.19. The number of rotatable bonds is 2. The highest BCUT2D eigenvalue weighted by Crippen LogP contribution is 2.35. The van der Waals surface area contributed by atoms with E-state index < -0.39 is 0 Å². The SMILES string of the molecule is CCC(=O)N1CCn2cccc2[C@H]1c1ccc(Cl)c(Cl)c1. The van der Waals surface area contributed by atoms with Gasteiger partial charge in [0.2, 0.25) is 5.91 Å². The third kappa shape index (κ3) is 2.56. The number of hydrogen-bond donors (Lipinski definition) is 0. The molecule has 1 aliphatic heterocycles. The lowest BCUT2D eigenvalue weighted by molar-refractivity contribution is -0.133. The van der Waals surface area contributed by atoms with Crippen LogP contribution in [0.25, 0.3) is 0 Å². The van der Waals surface area contributed by atoms with E-state index in [9.17, 15) is 4.79 Å². The summed E-state index contributed by atoms with van der Waals surface area (Å²) in [6.07, 6.45) is 2.55. The van der Waals surface area contributed by atoms with Crippen LogP contribution >= 0.6 is 23.2 Å². The predicted octanol–water partition coefficient (Wildman–Crippen LogP) is 4.14. The first-order valence-electron chi connectivity index (χ1n) is 7.01. The number of amides is 1. The number of carbonyl (C=O) groups is 1. The van der Waals surface area contributed by atoms with Crippen molar-refractivity contribution in [1.29, 1.82) is 0 Å². The second-order valence-electron chi connectivity index (χ2n) is 5.14. The maximum Gasteiger partial charge on any atom is 0.223 e. The molecule has 1 atom stereocenters. The van der Waals surface area contributed by atoms with E-state index >= 15 is 0 Å². The Kier molecular flexibility index (Phi) is 3.96. The van der Waals surface area contributed by atoms with Crippen molar-refractivity contribution >= 4 is 29.1 Å². The molecule has 2 aromatic rings. The molecule has 0 bridgehead atoms. The standard InChI is InChI=1S/C16H16Cl2N2O/c1-2-15(21)20-9-8-19-7-3-4-14(19)16(20)11-5-6-12(17)13(18)10-11/h3-7,10,16H,2,8-9H2,1H3/t16-/m1/s1. The lowest BCUT2D eigenvalue weighted by Gasteiger charge is -2.37. The first-order valence-corrected chi connectivity index (χ1v) is 7.77. The highest BCUT2D eigenvalue weighted by atomic mass is 35.5. The summed E-state index contributed by atoms with van der Waals surface area (Å²) in [5, 5.41) is 1.04. The first-order chi connectivity index (χ1) is 10.1. The maximum atomic E-state index is 12.3. The van der Waals surface area contributed by atoms with Crippen molar-refractivity contribution in [2.75, 3.05) is 6.54 Å². The number of nitrogens with zero attached hydrogens (tertiary/aromatic N) is 2. The first kappa shape index (κ1) is 14.5. The van der Waals surface area contributed by atoms with Gasteiger partial charge < -0.3 is 9.47 Å². The van der Waals surface area contributed by atoms with E-state index in [-0.39, 0.29) is 11.9 Å². The van der Waals surface area contributed by atoms with Gasteiger partial charge in [-0.15, -0.1) is 0 Å². The second-order valence-corrected chi connectivity index (χ2v) is 5.96. The molecular formula is C16H16Cl2N2O. The summed E-state index contributed by atoms with van der Waals surface area (Å²) >= 11 is 12.2. The number of benzene rings is 1. The molecule has 110 valence electrons. The highest BCUT2D eigenvalue weighted by molar-refractivity contribution is 6.42. The zero-order chi connectivity index (χ0) is 15.0. The van der Waals surface area contributed by atoms with Gasteiger partial charge in [0.05, 0.1) is 16.1 Å². The van der Waals surface area contributed by atoms with Crippen molar-refractivity contribution in [3.63, 3.8) is 0 Å². The lowest BCUT2D eigenvalue weighted by atomic mass is 9.99. The number of fused-ring (bicyclic) bond motifs is 1. The second kappa shape index (κ2) is 5.74. The van der Waals surface area contributed by atoms with E-state index in [1.807, 2.05) is 36.2 Å². The van der Waals surface area contributed by atoms with Gasteiger partial charge in [-0.3, -0.25) is 4.79 Å². The van der Waals surface area contributed by atoms with Crippen LogP contribution in [0.3, 0.4) is 0 Å². The fourth-order valence-electron chi connectivity index (χ4n) is 2.89. The molecule has 3 nitrogen and oxygen atoms in total. The minimum Gasteiger partial charge on any atom is -0.348 e. The molecular weight excluding hydrogens is 307 g/mol. The quantitative estimate of drug-likeness (QED) is 0.815. The van der Waals surface area contributed by atoms with Crippen LogP contribution in [0, 0.1) is 0 Å². The summed E-state index contributed by atoms with van der Waals surface area (Å²) in [5.74, 6) is 0.151. The molecule has 0 fully saturated rings. The van der Waals surface area contributed by atoms with Crippen molar-refractivity contribution in [2.45, 2.75) is 25.9 Å². The minimum atomic E-state index is -0.101. The van der Waals surface area contributed by atoms with Gasteiger partial charge in [-0.1, -0.05) is 36.2 Å². The van der Waals surface area contributed by atoms with Crippen LogP contribution in [-0.4, -0.2) is 21.9 Å². The number of aromatic nitrogens is 1. The highest BCUT2D eigenvalue weighted by Gasteiger charge is 2.31. The van der Waals surface area contributed by atoms with Gasteiger partial charge in [0, 0.05) is 31.4 Å². The molecule has 2 heterocycles. The van der Waals surface area contributed by atoms with Gasteiger partial charge in [0.25, 0.3) is 0 Å². The van der Waals surface area contributed by atoms with E-state index in [0.717, 1.165) is 17.8 Å². The molecule has 0 unspecified atom stereocenters. The molecule has 1 aromatic heterocycles. The average Bonchev–Trinajstić information content (AvgIpc) is 2.96. The van der Waals surface area contributed by atoms with Gasteiger partial charge in [0.15, 0.2) is 0 Å². The fraction of sp³-hybridized carbons (Fsp3) is 0.312. The Morgan fingerprint density at radius 3 is 2.76 bits per heavy atom. The largest absolute Gasteiger partial charge is 0.348 e. The van der Waals surface area contributed by atoms with Crippen LogP contribution in [0.2, 0.25) is 10.0 Å². The summed E-state index contributed by atoms with van der Waals surface area (Å²) in [6.45, 7) is 3.42. The van der Waals surface area contributed by atoms with Crippen molar-refractivity contribution in [2.24, 2.45) is 0 Å². The molecule has 1 aliphatic rings. The lowest BCUT2D eigenvalue weighted by Crippen LogP contribution is -2.42. The summed E-state index contributed by atoms with van der Waals surface area (Å²) in [5.41, 5.74) is 2.10. The van der Waals surface area contributed by atoms with Crippen LogP contribution in [0.1, 0.15) is 30.6 Å². The summed E-state index contributed by atoms with van der Waals surface area (Å²) in [4.78, 5) is 14.2. The molecule has 5 heteroatoms. The van der Waals surface area contributed by atoms with Crippen molar-refractivity contribution in [3.05, 3.63) is 57.8 Å². The number of hydrogen-bond acceptors (Lipinski definition) is 1. The molecule has 0 spiro atoms. The molecule has 21 heavy (non-hydrogen) atoms. The predicted molar refractivity (Wildman–Crippen MR) is 84.7 cm³/mol. The molecule has 0 saturated heterocycles. The average molecular weight is 323 g/mol. The van der Waals surface area contributed by atoms with Gasteiger partial charge in [-0.05, 0) is 29.8 Å². The summed E-state index contributed by atoms with van der Waals surface area (Å²) in [6, 6.07) is 9.55. The molecule has 0 aliphatic carbocycles. The number of carbonyl (C=O) groups excluding carboxylic acids is 1. The van der Waals surface area contributed by atoms with Crippen LogP contribution in [-0.2, 0) is 11.3 Å². The Hall–Kier alpha value is -1.45. The monoisotopic (exact) mass is 322 g/mol. The van der Waals surface area contributed by atoms with Gasteiger partial charge in [0.1, 0.15) is 0 Å². The summed E-state index contributed by atoms with van der Waals surface area (Å²) < 4.78 is 2.19. The molecule has 0 N–H and O–H groups in total. The molecule has 1 amide bonds. The van der Waals surface area contributed by atoms with E-state index in [4.69, 9.17) is 23.2 Å². The number of halogens is 2. The van der Waals surface area contributed by atoms with Gasteiger partial charge in [-0.25, -0.2) is 0 Å². The van der Waals surface area contributed by atoms with Crippen LogP contribution in [0.5, 0.6) is 0 Å². The van der Waals surface area contributed by atoms with E-state index in [2.05, 4.69) is 10.6 Å².